The fraction of sp³-hybridized carbons (Fsp3) is 0.0769. The van der Waals surface area contributed by atoms with Crippen molar-refractivity contribution < 1.29 is 4.39 Å². The van der Waals surface area contributed by atoms with Gasteiger partial charge in [0.2, 0.25) is 5.95 Å². The molecule has 0 radical (unpaired) electrons. The number of hydrogen-bond acceptors (Lipinski definition) is 4. The van der Waals surface area contributed by atoms with E-state index in [1.54, 1.807) is 18.5 Å². The van der Waals surface area contributed by atoms with E-state index in [9.17, 15) is 4.39 Å². The molecule has 2 heterocycles. The number of fused-ring (bicyclic) bond motifs is 1. The van der Waals surface area contributed by atoms with Crippen molar-refractivity contribution in [2.24, 2.45) is 5.10 Å². The Labute approximate surface area is 113 Å². The van der Waals surface area contributed by atoms with Crippen LogP contribution in [0.3, 0.4) is 0 Å². The molecule has 0 aliphatic rings. The summed E-state index contributed by atoms with van der Waals surface area (Å²) in [5.74, 6) is 0.123. The third-order valence-corrected chi connectivity index (χ3v) is 3.68. The van der Waals surface area contributed by atoms with E-state index >= 15 is 0 Å². The molecule has 0 amide bonds. The second-order valence-corrected chi connectivity index (χ2v) is 5.05. The number of nitrogen functional groups attached to an aromatic ring is 1. The van der Waals surface area contributed by atoms with E-state index in [-0.39, 0.29) is 5.82 Å². The summed E-state index contributed by atoms with van der Waals surface area (Å²) in [5, 5.41) is 6.96. The van der Waals surface area contributed by atoms with Crippen LogP contribution in [0.1, 0.15) is 11.3 Å². The van der Waals surface area contributed by atoms with Crippen molar-refractivity contribution >= 4 is 33.6 Å². The van der Waals surface area contributed by atoms with E-state index in [2.05, 4.69) is 10.1 Å². The van der Waals surface area contributed by atoms with Crippen LogP contribution in [0.2, 0.25) is 0 Å². The molecule has 3 aromatic rings. The molecule has 1 aromatic carbocycles. The van der Waals surface area contributed by atoms with Crippen molar-refractivity contribution in [2.75, 3.05) is 5.73 Å². The number of nitrogens with two attached hydrogens (primary N) is 1. The summed E-state index contributed by atoms with van der Waals surface area (Å²) in [5.41, 5.74) is 7.35. The molecule has 0 aliphatic carbocycles. The average Bonchev–Trinajstić information content (AvgIpc) is 2.96. The predicted molar refractivity (Wildman–Crippen MR) is 76.2 cm³/mol. The zero-order chi connectivity index (χ0) is 13.4. The summed E-state index contributed by atoms with van der Waals surface area (Å²) < 4.78 is 15.7. The zero-order valence-corrected chi connectivity index (χ0v) is 11.0. The highest BCUT2D eigenvalue weighted by Crippen LogP contribution is 2.26. The van der Waals surface area contributed by atoms with Crippen molar-refractivity contribution in [1.29, 1.82) is 0 Å². The molecule has 0 bridgehead atoms. The van der Waals surface area contributed by atoms with Gasteiger partial charge >= 0.3 is 0 Å². The van der Waals surface area contributed by atoms with Crippen molar-refractivity contribution in [3.05, 3.63) is 46.9 Å². The highest BCUT2D eigenvalue weighted by molar-refractivity contribution is 7.17. The van der Waals surface area contributed by atoms with Crippen LogP contribution in [0, 0.1) is 12.7 Å². The summed E-state index contributed by atoms with van der Waals surface area (Å²) in [6, 6.07) is 5.03. The minimum absolute atomic E-state index is 0.208. The number of thiophene rings is 1. The molecule has 2 N–H and O–H groups in total. The molecule has 6 heteroatoms. The maximum Gasteiger partial charge on any atom is 0.221 e. The van der Waals surface area contributed by atoms with Crippen LogP contribution in [0.25, 0.3) is 10.1 Å². The van der Waals surface area contributed by atoms with E-state index in [1.807, 2.05) is 18.4 Å². The van der Waals surface area contributed by atoms with Gasteiger partial charge in [-0.3, -0.25) is 0 Å². The lowest BCUT2D eigenvalue weighted by Gasteiger charge is -1.99. The van der Waals surface area contributed by atoms with Crippen LogP contribution in [0.5, 0.6) is 0 Å². The number of benzene rings is 1. The smallest absolute Gasteiger partial charge is 0.221 e. The molecule has 0 fully saturated rings. The van der Waals surface area contributed by atoms with Crippen LogP contribution in [0.15, 0.2) is 34.9 Å². The molecule has 4 nitrogen and oxygen atoms in total. The standard InChI is InChI=1S/C13H11FN4S/c1-8-7-18(13(15)17-8)16-6-9-2-3-11(14)12-10(9)4-5-19-12/h2-7H,1H3,(H2,15,17). The molecule has 19 heavy (non-hydrogen) atoms. The number of anilines is 1. The van der Waals surface area contributed by atoms with Crippen LogP contribution in [0.4, 0.5) is 10.3 Å². The predicted octanol–water partition coefficient (Wildman–Crippen LogP) is 3.01. The maximum atomic E-state index is 13.6. The average molecular weight is 274 g/mol. The number of halogens is 1. The Morgan fingerprint density at radius 3 is 3.00 bits per heavy atom. The minimum atomic E-state index is -0.208. The Kier molecular flexibility index (Phi) is 2.79. The summed E-state index contributed by atoms with van der Waals surface area (Å²) in [7, 11) is 0. The second kappa shape index (κ2) is 4.47. The summed E-state index contributed by atoms with van der Waals surface area (Å²) >= 11 is 1.38. The number of nitrogens with zero attached hydrogens (tertiary/aromatic N) is 3. The molecule has 3 rings (SSSR count). The monoisotopic (exact) mass is 274 g/mol. The first-order valence-electron chi connectivity index (χ1n) is 5.66. The molecular weight excluding hydrogens is 263 g/mol. The van der Waals surface area contributed by atoms with Crippen LogP contribution in [-0.2, 0) is 0 Å². The van der Waals surface area contributed by atoms with Gasteiger partial charge in [-0.2, -0.15) is 5.10 Å². The zero-order valence-electron chi connectivity index (χ0n) is 10.2. The maximum absolute atomic E-state index is 13.6. The molecular formula is C13H11FN4S. The molecule has 0 saturated carbocycles. The summed E-state index contributed by atoms with van der Waals surface area (Å²) in [6.07, 6.45) is 3.39. The van der Waals surface area contributed by atoms with Gasteiger partial charge in [0.15, 0.2) is 0 Å². The van der Waals surface area contributed by atoms with Gasteiger partial charge in [-0.25, -0.2) is 14.1 Å². The lowest BCUT2D eigenvalue weighted by atomic mass is 10.1. The normalized spacial score (nSPS) is 11.7. The van der Waals surface area contributed by atoms with Crippen LogP contribution >= 0.6 is 11.3 Å². The number of imidazole rings is 1. The quantitative estimate of drug-likeness (QED) is 0.730. The van der Waals surface area contributed by atoms with E-state index in [4.69, 9.17) is 5.73 Å². The lowest BCUT2D eigenvalue weighted by Crippen LogP contribution is -1.97. The van der Waals surface area contributed by atoms with Gasteiger partial charge in [-0.1, -0.05) is 0 Å². The Bertz CT molecular complexity index is 772. The van der Waals surface area contributed by atoms with E-state index in [1.165, 1.54) is 22.1 Å². The highest BCUT2D eigenvalue weighted by atomic mass is 32.1. The second-order valence-electron chi connectivity index (χ2n) is 4.13. The third-order valence-electron chi connectivity index (χ3n) is 2.76. The molecule has 0 unspecified atom stereocenters. The highest BCUT2D eigenvalue weighted by Gasteiger charge is 2.06. The number of hydrogen-bond donors (Lipinski definition) is 1. The number of aryl methyl sites for hydroxylation is 1. The Morgan fingerprint density at radius 2 is 2.26 bits per heavy atom. The summed E-state index contributed by atoms with van der Waals surface area (Å²) in [4.78, 5) is 4.06. The van der Waals surface area contributed by atoms with Crippen molar-refractivity contribution in [2.45, 2.75) is 6.92 Å². The summed E-state index contributed by atoms with van der Waals surface area (Å²) in [6.45, 7) is 1.84. The molecule has 96 valence electrons. The topological polar surface area (TPSA) is 56.2 Å². The Balaban J connectivity index is 2.04. The molecule has 2 aromatic heterocycles. The van der Waals surface area contributed by atoms with Crippen molar-refractivity contribution in [1.82, 2.24) is 9.66 Å². The molecule has 0 aliphatic heterocycles. The minimum Gasteiger partial charge on any atom is -0.368 e. The van der Waals surface area contributed by atoms with Gasteiger partial charge in [-0.05, 0) is 30.5 Å². The van der Waals surface area contributed by atoms with Gasteiger partial charge in [0.05, 0.1) is 22.8 Å². The number of aromatic nitrogens is 2. The van der Waals surface area contributed by atoms with Crippen molar-refractivity contribution in [3.8, 4) is 0 Å². The first kappa shape index (κ1) is 11.9. The van der Waals surface area contributed by atoms with E-state index in [0.717, 1.165) is 16.6 Å². The molecule has 0 atom stereocenters. The fourth-order valence-electron chi connectivity index (χ4n) is 1.88. The van der Waals surface area contributed by atoms with E-state index < -0.39 is 0 Å². The van der Waals surface area contributed by atoms with Crippen molar-refractivity contribution in [3.63, 3.8) is 0 Å². The van der Waals surface area contributed by atoms with Gasteiger partial charge < -0.3 is 5.73 Å². The van der Waals surface area contributed by atoms with Gasteiger partial charge in [0.1, 0.15) is 5.82 Å². The SMILES string of the molecule is Cc1cn(N=Cc2ccc(F)c3sccc23)c(N)n1. The Hall–Kier alpha value is -2.21. The van der Waals surface area contributed by atoms with Crippen LogP contribution < -0.4 is 5.73 Å². The first-order valence-corrected chi connectivity index (χ1v) is 6.54. The lowest BCUT2D eigenvalue weighted by molar-refractivity contribution is 0.641. The largest absolute Gasteiger partial charge is 0.368 e. The first-order chi connectivity index (χ1) is 9.15. The number of rotatable bonds is 2. The van der Waals surface area contributed by atoms with Gasteiger partial charge in [0, 0.05) is 10.9 Å². The Morgan fingerprint density at radius 1 is 1.42 bits per heavy atom. The van der Waals surface area contributed by atoms with Gasteiger partial charge in [0.25, 0.3) is 0 Å². The molecule has 0 saturated heterocycles. The van der Waals surface area contributed by atoms with Crippen LogP contribution in [-0.4, -0.2) is 15.9 Å². The van der Waals surface area contributed by atoms with Gasteiger partial charge in [-0.15, -0.1) is 11.3 Å². The molecule has 0 spiro atoms. The third kappa shape index (κ3) is 2.10. The van der Waals surface area contributed by atoms with E-state index in [0.29, 0.717) is 10.6 Å². The fourth-order valence-corrected chi connectivity index (χ4v) is 2.72.